The molecular weight excluding hydrogens is 336 g/mol. The molecule has 3 unspecified atom stereocenters. The van der Waals surface area contributed by atoms with E-state index in [1.165, 1.54) is 5.56 Å². The van der Waals surface area contributed by atoms with Crippen molar-refractivity contribution < 1.29 is 9.90 Å². The van der Waals surface area contributed by atoms with Crippen molar-refractivity contribution in [2.75, 3.05) is 6.54 Å². The lowest BCUT2D eigenvalue weighted by atomic mass is 9.74. The highest BCUT2D eigenvalue weighted by Crippen LogP contribution is 2.31. The van der Waals surface area contributed by atoms with Gasteiger partial charge in [-0.15, -0.1) is 12.4 Å². The average Bonchev–Trinajstić information content (AvgIpc) is 2.51. The highest BCUT2D eigenvalue weighted by molar-refractivity contribution is 5.85. The number of carbonyl (C=O) groups excluding carboxylic acids is 1. The standard InChI is InChI=1S/C20H32N2O2.ClH/c1-19(2,3)15-10-8-14(9-11-15)17(23)13-22-18(24)16-7-5-6-12-20(16,4)21;/h8-11,16-17,23H,5-7,12-13,21H2,1-4H3,(H,22,24);1H. The first-order chi connectivity index (χ1) is 11.1. The molecule has 0 saturated heterocycles. The van der Waals surface area contributed by atoms with Crippen LogP contribution in [0.2, 0.25) is 0 Å². The Balaban J connectivity index is 0.00000312. The molecule has 1 saturated carbocycles. The lowest BCUT2D eigenvalue weighted by Crippen LogP contribution is -2.53. The maximum absolute atomic E-state index is 12.4. The highest BCUT2D eigenvalue weighted by atomic mass is 35.5. The van der Waals surface area contributed by atoms with E-state index in [4.69, 9.17) is 5.73 Å². The third-order valence-corrected chi connectivity index (χ3v) is 5.20. The molecule has 0 heterocycles. The van der Waals surface area contributed by atoms with Crippen molar-refractivity contribution in [3.05, 3.63) is 35.4 Å². The molecule has 1 fully saturated rings. The molecule has 0 aliphatic heterocycles. The first kappa shape index (κ1) is 21.9. The fourth-order valence-electron chi connectivity index (χ4n) is 3.43. The summed E-state index contributed by atoms with van der Waals surface area (Å²) in [6.45, 7) is 8.66. The first-order valence-corrected chi connectivity index (χ1v) is 8.96. The second-order valence-electron chi connectivity index (χ2n) is 8.44. The third kappa shape index (κ3) is 5.70. The van der Waals surface area contributed by atoms with Gasteiger partial charge in [-0.1, -0.05) is 57.9 Å². The minimum atomic E-state index is -0.699. The van der Waals surface area contributed by atoms with E-state index in [0.717, 1.165) is 31.2 Å². The van der Waals surface area contributed by atoms with Crippen molar-refractivity contribution in [3.8, 4) is 0 Å². The summed E-state index contributed by atoms with van der Waals surface area (Å²) in [5.41, 5.74) is 7.97. The summed E-state index contributed by atoms with van der Waals surface area (Å²) in [5.74, 6) is -0.202. The van der Waals surface area contributed by atoms with Crippen LogP contribution in [0, 0.1) is 5.92 Å². The second kappa shape index (κ2) is 8.52. The zero-order chi connectivity index (χ0) is 18.0. The van der Waals surface area contributed by atoms with Gasteiger partial charge in [-0.2, -0.15) is 0 Å². The molecule has 0 radical (unpaired) electrons. The van der Waals surface area contributed by atoms with Crippen LogP contribution in [0.5, 0.6) is 0 Å². The molecular formula is C20H33ClN2O2. The Morgan fingerprint density at radius 3 is 2.44 bits per heavy atom. The van der Waals surface area contributed by atoms with E-state index in [0.29, 0.717) is 0 Å². The van der Waals surface area contributed by atoms with Gasteiger partial charge in [-0.05, 0) is 36.3 Å². The van der Waals surface area contributed by atoms with Gasteiger partial charge in [0.2, 0.25) is 5.91 Å². The number of aliphatic hydroxyl groups is 1. The minimum Gasteiger partial charge on any atom is -0.387 e. The van der Waals surface area contributed by atoms with Gasteiger partial charge in [0.15, 0.2) is 0 Å². The predicted molar refractivity (Wildman–Crippen MR) is 105 cm³/mol. The molecule has 0 bridgehead atoms. The Labute approximate surface area is 158 Å². The van der Waals surface area contributed by atoms with Gasteiger partial charge in [-0.25, -0.2) is 0 Å². The molecule has 3 atom stereocenters. The molecule has 4 nitrogen and oxygen atoms in total. The van der Waals surface area contributed by atoms with Crippen molar-refractivity contribution in [1.29, 1.82) is 0 Å². The van der Waals surface area contributed by atoms with E-state index in [-0.39, 0.29) is 36.2 Å². The van der Waals surface area contributed by atoms with Crippen LogP contribution in [0.1, 0.15) is 70.6 Å². The van der Waals surface area contributed by atoms with Gasteiger partial charge >= 0.3 is 0 Å². The monoisotopic (exact) mass is 368 g/mol. The van der Waals surface area contributed by atoms with Gasteiger partial charge in [0, 0.05) is 12.1 Å². The van der Waals surface area contributed by atoms with Crippen LogP contribution in [0.25, 0.3) is 0 Å². The van der Waals surface area contributed by atoms with Crippen LogP contribution in [-0.4, -0.2) is 23.1 Å². The van der Waals surface area contributed by atoms with Crippen LogP contribution in [0.15, 0.2) is 24.3 Å². The zero-order valence-electron chi connectivity index (χ0n) is 15.8. The minimum absolute atomic E-state index is 0. The van der Waals surface area contributed by atoms with Crippen LogP contribution in [0.4, 0.5) is 0 Å². The molecule has 1 aromatic carbocycles. The Bertz CT molecular complexity index is 564. The Morgan fingerprint density at radius 2 is 1.92 bits per heavy atom. The van der Waals surface area contributed by atoms with Crippen molar-refractivity contribution in [1.82, 2.24) is 5.32 Å². The summed E-state index contributed by atoms with van der Waals surface area (Å²) in [6.07, 6.45) is 3.13. The molecule has 0 spiro atoms. The fraction of sp³-hybridized carbons (Fsp3) is 0.650. The second-order valence-corrected chi connectivity index (χ2v) is 8.44. The summed E-state index contributed by atoms with van der Waals surface area (Å²) < 4.78 is 0. The summed E-state index contributed by atoms with van der Waals surface area (Å²) in [5, 5.41) is 13.2. The van der Waals surface area contributed by atoms with Crippen LogP contribution >= 0.6 is 12.4 Å². The van der Waals surface area contributed by atoms with Gasteiger partial charge < -0.3 is 16.2 Å². The molecule has 1 aliphatic carbocycles. The summed E-state index contributed by atoms with van der Waals surface area (Å²) >= 11 is 0. The van der Waals surface area contributed by atoms with E-state index in [1.54, 1.807) is 0 Å². The number of hydrogen-bond donors (Lipinski definition) is 3. The summed E-state index contributed by atoms with van der Waals surface area (Å²) in [6, 6.07) is 7.95. The largest absolute Gasteiger partial charge is 0.387 e. The maximum atomic E-state index is 12.4. The van der Waals surface area contributed by atoms with E-state index >= 15 is 0 Å². The maximum Gasteiger partial charge on any atom is 0.225 e. The lowest BCUT2D eigenvalue weighted by Gasteiger charge is -2.37. The smallest absolute Gasteiger partial charge is 0.225 e. The number of nitrogens with one attached hydrogen (secondary N) is 1. The van der Waals surface area contributed by atoms with Gasteiger partial charge in [0.05, 0.1) is 12.0 Å². The molecule has 1 amide bonds. The average molecular weight is 369 g/mol. The van der Waals surface area contributed by atoms with Crippen LogP contribution in [0.3, 0.4) is 0 Å². The van der Waals surface area contributed by atoms with Crippen molar-refractivity contribution in [2.24, 2.45) is 11.7 Å². The molecule has 25 heavy (non-hydrogen) atoms. The van der Waals surface area contributed by atoms with E-state index in [2.05, 4.69) is 26.1 Å². The number of nitrogens with two attached hydrogens (primary N) is 1. The topological polar surface area (TPSA) is 75.3 Å². The Kier molecular flexibility index (Phi) is 7.48. The van der Waals surface area contributed by atoms with Crippen molar-refractivity contribution in [3.63, 3.8) is 0 Å². The molecule has 142 valence electrons. The van der Waals surface area contributed by atoms with Gasteiger partial charge in [0.25, 0.3) is 0 Å². The van der Waals surface area contributed by atoms with Gasteiger partial charge in [-0.3, -0.25) is 4.79 Å². The molecule has 5 heteroatoms. The molecule has 0 aromatic heterocycles. The quantitative estimate of drug-likeness (QED) is 0.761. The van der Waals surface area contributed by atoms with Gasteiger partial charge in [0.1, 0.15) is 0 Å². The zero-order valence-corrected chi connectivity index (χ0v) is 16.7. The van der Waals surface area contributed by atoms with Crippen molar-refractivity contribution >= 4 is 18.3 Å². The highest BCUT2D eigenvalue weighted by Gasteiger charge is 2.37. The lowest BCUT2D eigenvalue weighted by molar-refractivity contribution is -0.128. The molecule has 2 rings (SSSR count). The Morgan fingerprint density at radius 1 is 1.32 bits per heavy atom. The number of carbonyl (C=O) groups is 1. The molecule has 1 aliphatic rings. The first-order valence-electron chi connectivity index (χ1n) is 8.96. The fourth-order valence-corrected chi connectivity index (χ4v) is 3.43. The number of rotatable bonds is 4. The number of amides is 1. The van der Waals surface area contributed by atoms with Crippen LogP contribution < -0.4 is 11.1 Å². The summed E-state index contributed by atoms with van der Waals surface area (Å²) in [7, 11) is 0. The molecule has 4 N–H and O–H groups in total. The van der Waals surface area contributed by atoms with E-state index < -0.39 is 11.6 Å². The molecule has 1 aromatic rings. The number of hydrogen-bond acceptors (Lipinski definition) is 3. The summed E-state index contributed by atoms with van der Waals surface area (Å²) in [4.78, 5) is 12.4. The number of halogens is 1. The normalized spacial score (nSPS) is 25.0. The van der Waals surface area contributed by atoms with Crippen molar-refractivity contribution in [2.45, 2.75) is 70.4 Å². The third-order valence-electron chi connectivity index (χ3n) is 5.20. The van der Waals surface area contributed by atoms with Crippen LogP contribution in [-0.2, 0) is 10.2 Å². The van der Waals surface area contributed by atoms with E-state index in [1.807, 2.05) is 31.2 Å². The Hall–Kier alpha value is -1.10. The number of aliphatic hydroxyl groups excluding tert-OH is 1. The van der Waals surface area contributed by atoms with E-state index in [9.17, 15) is 9.90 Å². The predicted octanol–water partition coefficient (Wildman–Crippen LogP) is 3.46. The number of benzene rings is 1. The SMILES string of the molecule is CC(C)(C)c1ccc(C(O)CNC(=O)C2CCCCC2(C)N)cc1.Cl.